The van der Waals surface area contributed by atoms with E-state index in [1.165, 1.54) is 17.4 Å². The number of hydrogen-bond donors (Lipinski definition) is 1. The zero-order valence-corrected chi connectivity index (χ0v) is 14.0. The van der Waals surface area contributed by atoms with E-state index in [0.29, 0.717) is 5.75 Å². The lowest BCUT2D eigenvalue weighted by Crippen LogP contribution is -2.07. The molecule has 0 fully saturated rings. The van der Waals surface area contributed by atoms with Crippen LogP contribution in [0.1, 0.15) is 27.2 Å². The van der Waals surface area contributed by atoms with Gasteiger partial charge in [0.15, 0.2) is 0 Å². The summed E-state index contributed by atoms with van der Waals surface area (Å²) in [4.78, 5) is 11.9. The molecule has 0 spiro atoms. The smallest absolute Gasteiger partial charge is 0.379 e. The van der Waals surface area contributed by atoms with Gasteiger partial charge in [0.2, 0.25) is 5.76 Å². The number of anilines is 1. The van der Waals surface area contributed by atoms with Crippen LogP contribution in [0.15, 0.2) is 70.4 Å². The van der Waals surface area contributed by atoms with Crippen molar-refractivity contribution in [3.05, 3.63) is 83.3 Å². The van der Waals surface area contributed by atoms with Crippen LogP contribution in [-0.4, -0.2) is 12.2 Å². The lowest BCUT2D eigenvalue weighted by Gasteiger charge is -2.05. The predicted octanol–water partition coefficient (Wildman–Crippen LogP) is 4.56. The zero-order valence-electron chi connectivity index (χ0n) is 14.0. The Morgan fingerprint density at radius 1 is 1.08 bits per heavy atom. The van der Waals surface area contributed by atoms with Gasteiger partial charge in [-0.1, -0.05) is 18.2 Å². The van der Waals surface area contributed by atoms with Crippen molar-refractivity contribution in [3.63, 3.8) is 0 Å². The summed E-state index contributed by atoms with van der Waals surface area (Å²) in [5, 5.41) is 4.22. The molecule has 0 aliphatic heterocycles. The molecule has 1 N–H and O–H groups in total. The Morgan fingerprint density at radius 3 is 2.72 bits per heavy atom. The Labute approximate surface area is 145 Å². The zero-order chi connectivity index (χ0) is 17.6. The number of rotatable bonds is 5. The second-order valence-electron chi connectivity index (χ2n) is 5.61. The van der Waals surface area contributed by atoms with E-state index in [1.807, 2.05) is 24.3 Å². The second kappa shape index (κ2) is 7.49. The highest BCUT2D eigenvalue weighted by Crippen LogP contribution is 2.16. The van der Waals surface area contributed by atoms with Crippen LogP contribution in [0.5, 0.6) is 5.75 Å². The van der Waals surface area contributed by atoms with E-state index < -0.39 is 5.97 Å². The molecular weight excluding hydrogens is 316 g/mol. The number of carbonyl (C=O) groups is 1. The monoisotopic (exact) mass is 334 g/mol. The van der Waals surface area contributed by atoms with Gasteiger partial charge in [0, 0.05) is 0 Å². The minimum absolute atomic E-state index is 0.162. The fourth-order valence-corrected chi connectivity index (χ4v) is 2.20. The largest absolute Gasteiger partial charge is 0.457 e. The molecule has 126 valence electrons. The van der Waals surface area contributed by atoms with Gasteiger partial charge in [-0.15, -0.1) is 0 Å². The minimum atomic E-state index is -0.535. The molecule has 0 bridgehead atoms. The molecule has 5 nitrogen and oxygen atoms in total. The third-order valence-electron chi connectivity index (χ3n) is 3.71. The van der Waals surface area contributed by atoms with Crippen LogP contribution in [0.4, 0.5) is 5.69 Å². The molecule has 2 aromatic carbocycles. The summed E-state index contributed by atoms with van der Waals surface area (Å²) in [6.45, 7) is 4.12. The first kappa shape index (κ1) is 16.5. The Bertz CT molecular complexity index is 899. The van der Waals surface area contributed by atoms with Crippen molar-refractivity contribution in [1.29, 1.82) is 0 Å². The van der Waals surface area contributed by atoms with Gasteiger partial charge in [-0.3, -0.25) is 5.43 Å². The van der Waals surface area contributed by atoms with Gasteiger partial charge in [0.1, 0.15) is 5.75 Å². The van der Waals surface area contributed by atoms with Crippen molar-refractivity contribution in [3.8, 4) is 5.75 Å². The fraction of sp³-hybridized carbons (Fsp3) is 0.100. The van der Waals surface area contributed by atoms with Gasteiger partial charge in [-0.25, -0.2) is 4.79 Å². The molecule has 1 aromatic heterocycles. The summed E-state index contributed by atoms with van der Waals surface area (Å²) >= 11 is 0. The first-order chi connectivity index (χ1) is 12.1. The van der Waals surface area contributed by atoms with Gasteiger partial charge < -0.3 is 9.15 Å². The highest BCUT2D eigenvalue weighted by Gasteiger charge is 2.11. The molecule has 0 atom stereocenters. The number of furan rings is 1. The van der Waals surface area contributed by atoms with Crippen molar-refractivity contribution in [2.45, 2.75) is 13.8 Å². The molecule has 5 heteroatoms. The first-order valence-corrected chi connectivity index (χ1v) is 7.84. The van der Waals surface area contributed by atoms with E-state index in [4.69, 9.17) is 9.15 Å². The summed E-state index contributed by atoms with van der Waals surface area (Å²) < 4.78 is 10.3. The number of hydrazone groups is 1. The normalized spacial score (nSPS) is 10.8. The highest BCUT2D eigenvalue weighted by atomic mass is 16.5. The second-order valence-corrected chi connectivity index (χ2v) is 5.61. The number of esters is 1. The average Bonchev–Trinajstić information content (AvgIpc) is 3.13. The minimum Gasteiger partial charge on any atom is -0.457 e. The summed E-state index contributed by atoms with van der Waals surface area (Å²) in [5.41, 5.74) is 7.15. The molecular formula is C20H18N2O3. The summed E-state index contributed by atoms with van der Waals surface area (Å²) in [5.74, 6) is 0.0550. The van der Waals surface area contributed by atoms with E-state index in [2.05, 4.69) is 24.4 Å². The lowest BCUT2D eigenvalue weighted by molar-refractivity contribution is 0.0701. The number of hydrogen-bond acceptors (Lipinski definition) is 5. The van der Waals surface area contributed by atoms with E-state index in [1.54, 1.807) is 36.5 Å². The number of benzene rings is 2. The molecule has 0 aliphatic rings. The van der Waals surface area contributed by atoms with E-state index in [9.17, 15) is 4.79 Å². The molecule has 3 aromatic rings. The Kier molecular flexibility index (Phi) is 4.95. The maximum Gasteiger partial charge on any atom is 0.379 e. The van der Waals surface area contributed by atoms with Crippen molar-refractivity contribution >= 4 is 17.9 Å². The van der Waals surface area contributed by atoms with Gasteiger partial charge in [0.25, 0.3) is 0 Å². The topological polar surface area (TPSA) is 63.8 Å². The van der Waals surface area contributed by atoms with Crippen LogP contribution in [0, 0.1) is 13.8 Å². The number of ether oxygens (including phenoxy) is 1. The van der Waals surface area contributed by atoms with Crippen molar-refractivity contribution in [2.24, 2.45) is 5.10 Å². The molecule has 1 heterocycles. The molecule has 3 rings (SSSR count). The van der Waals surface area contributed by atoms with Gasteiger partial charge in [-0.2, -0.15) is 5.10 Å². The maximum atomic E-state index is 11.9. The van der Waals surface area contributed by atoms with Gasteiger partial charge in [-0.05, 0) is 66.9 Å². The number of aryl methyl sites for hydroxylation is 2. The Morgan fingerprint density at radius 2 is 1.96 bits per heavy atom. The summed E-state index contributed by atoms with van der Waals surface area (Å²) in [7, 11) is 0. The van der Waals surface area contributed by atoms with Crippen LogP contribution in [0.25, 0.3) is 0 Å². The average molecular weight is 334 g/mol. The SMILES string of the molecule is Cc1ccc(NN=Cc2cccc(OC(=O)c3ccco3)c2)cc1C. The quantitative estimate of drug-likeness (QED) is 0.321. The molecule has 0 aliphatic carbocycles. The number of nitrogens with zero attached hydrogens (tertiary/aromatic N) is 1. The third kappa shape index (κ3) is 4.35. The molecule has 0 amide bonds. The van der Waals surface area contributed by atoms with Crippen LogP contribution in [-0.2, 0) is 0 Å². The van der Waals surface area contributed by atoms with Crippen molar-refractivity contribution in [2.75, 3.05) is 5.43 Å². The van der Waals surface area contributed by atoms with Gasteiger partial charge in [0.05, 0.1) is 18.2 Å². The summed E-state index contributed by atoms with van der Waals surface area (Å²) in [6, 6.07) is 16.3. The maximum absolute atomic E-state index is 11.9. The van der Waals surface area contributed by atoms with Crippen LogP contribution >= 0.6 is 0 Å². The first-order valence-electron chi connectivity index (χ1n) is 7.84. The standard InChI is InChI=1S/C20H18N2O3/c1-14-8-9-17(11-15(14)2)22-21-13-16-5-3-6-18(12-16)25-20(23)19-7-4-10-24-19/h3-13,22H,1-2H3. The van der Waals surface area contributed by atoms with E-state index in [-0.39, 0.29) is 5.76 Å². The molecule has 0 saturated heterocycles. The third-order valence-corrected chi connectivity index (χ3v) is 3.71. The van der Waals surface area contributed by atoms with Crippen molar-refractivity contribution in [1.82, 2.24) is 0 Å². The van der Waals surface area contributed by atoms with Gasteiger partial charge >= 0.3 is 5.97 Å². The summed E-state index contributed by atoms with van der Waals surface area (Å²) in [6.07, 6.45) is 3.09. The predicted molar refractivity (Wildman–Crippen MR) is 97.2 cm³/mol. The molecule has 0 radical (unpaired) electrons. The highest BCUT2D eigenvalue weighted by molar-refractivity contribution is 5.88. The fourth-order valence-electron chi connectivity index (χ4n) is 2.20. The van der Waals surface area contributed by atoms with Crippen LogP contribution in [0.2, 0.25) is 0 Å². The van der Waals surface area contributed by atoms with E-state index >= 15 is 0 Å². The Balaban J connectivity index is 1.64. The van der Waals surface area contributed by atoms with Crippen LogP contribution < -0.4 is 10.2 Å². The number of carbonyl (C=O) groups excluding carboxylic acids is 1. The van der Waals surface area contributed by atoms with Crippen LogP contribution in [0.3, 0.4) is 0 Å². The number of nitrogens with one attached hydrogen (secondary N) is 1. The molecule has 25 heavy (non-hydrogen) atoms. The Hall–Kier alpha value is -3.34. The van der Waals surface area contributed by atoms with Crippen molar-refractivity contribution < 1.29 is 13.9 Å². The lowest BCUT2D eigenvalue weighted by atomic mass is 10.1. The van der Waals surface area contributed by atoms with E-state index in [0.717, 1.165) is 11.3 Å². The molecule has 0 saturated carbocycles. The molecule has 0 unspecified atom stereocenters.